The molecule has 3 atom stereocenters. The highest BCUT2D eigenvalue weighted by Crippen LogP contribution is 2.39. The number of nitrogens with two attached hydrogens (primary N) is 1. The van der Waals surface area contributed by atoms with Crippen molar-refractivity contribution in [3.05, 3.63) is 34.5 Å². The first-order valence-corrected chi connectivity index (χ1v) is 13.1. The maximum Gasteiger partial charge on any atom is 0.354 e. The summed E-state index contributed by atoms with van der Waals surface area (Å²) in [6.45, 7) is 3.14. The molecule has 3 heterocycles. The monoisotopic (exact) mass is 474 g/mol. The number of aryl methyl sites for hydroxylation is 1. The zero-order valence-electron chi connectivity index (χ0n) is 18.3. The molecule has 4 aliphatic rings. The van der Waals surface area contributed by atoms with Crippen molar-refractivity contribution in [2.24, 2.45) is 9.50 Å². The number of carbonyl (C=O) groups is 1. The van der Waals surface area contributed by atoms with Crippen molar-refractivity contribution in [3.63, 3.8) is 0 Å². The molecule has 0 saturated carbocycles. The number of rotatable bonds is 3. The normalized spacial score (nSPS) is 25.3. The third-order valence-corrected chi connectivity index (χ3v) is 8.54. The lowest BCUT2D eigenvalue weighted by Gasteiger charge is -2.40. The molecule has 0 radical (unpaired) electrons. The van der Waals surface area contributed by atoms with Crippen LogP contribution in [-0.4, -0.2) is 56.8 Å². The van der Waals surface area contributed by atoms with Crippen LogP contribution in [0.25, 0.3) is 0 Å². The molecule has 2 aliphatic carbocycles. The second-order valence-electron chi connectivity index (χ2n) is 9.33. The molecule has 2 aromatic rings. The minimum atomic E-state index is -3.58. The van der Waals surface area contributed by atoms with Crippen LogP contribution in [0.15, 0.2) is 21.5 Å². The molecule has 6 rings (SSSR count). The maximum absolute atomic E-state index is 14.1. The van der Waals surface area contributed by atoms with E-state index < -0.39 is 22.1 Å². The molecule has 33 heavy (non-hydrogen) atoms. The van der Waals surface area contributed by atoms with Gasteiger partial charge < -0.3 is 10.1 Å². The van der Waals surface area contributed by atoms with E-state index in [0.717, 1.165) is 54.6 Å². The molecule has 2 amide bonds. The van der Waals surface area contributed by atoms with E-state index in [-0.39, 0.29) is 17.4 Å². The summed E-state index contributed by atoms with van der Waals surface area (Å²) in [6.07, 6.45) is 4.93. The Kier molecular flexibility index (Phi) is 4.96. The van der Waals surface area contributed by atoms with Crippen LogP contribution in [0.2, 0.25) is 0 Å². The third-order valence-electron chi connectivity index (χ3n) is 7.20. The molecule has 11 heteroatoms. The second-order valence-corrected chi connectivity index (χ2v) is 11.1. The Morgan fingerprint density at radius 1 is 1.24 bits per heavy atom. The van der Waals surface area contributed by atoms with Crippen LogP contribution < -0.4 is 15.2 Å². The van der Waals surface area contributed by atoms with E-state index in [1.807, 2.05) is 0 Å². The number of hydrogen-bond donors (Lipinski definition) is 2. The summed E-state index contributed by atoms with van der Waals surface area (Å²) < 4.78 is 38.7. The van der Waals surface area contributed by atoms with Gasteiger partial charge in [-0.2, -0.15) is 5.10 Å². The number of alkyl halides is 1. The van der Waals surface area contributed by atoms with Crippen molar-refractivity contribution in [2.45, 2.75) is 62.2 Å². The summed E-state index contributed by atoms with van der Waals surface area (Å²) in [4.78, 5) is 15.3. The summed E-state index contributed by atoms with van der Waals surface area (Å²) in [5.74, 6) is 0.303. The van der Waals surface area contributed by atoms with E-state index in [9.17, 15) is 13.4 Å². The Morgan fingerprint density at radius 2 is 2.09 bits per heavy atom. The molecular weight excluding hydrogens is 447 g/mol. The predicted octanol–water partition coefficient (Wildman–Crippen LogP) is 2.21. The SMILES string of the molecule is NS(=O)(=NC(=O)Nc1c2c(cc3c1C[C@@H](F)C3)CCC2)c1cnn2c1OC[C@@H](N1CCC1)C2. The van der Waals surface area contributed by atoms with Crippen LogP contribution >= 0.6 is 0 Å². The smallest absolute Gasteiger partial charge is 0.354 e. The Balaban J connectivity index is 1.27. The largest absolute Gasteiger partial charge is 0.475 e. The third kappa shape index (κ3) is 3.62. The summed E-state index contributed by atoms with van der Waals surface area (Å²) in [5.41, 5.74) is 4.54. The van der Waals surface area contributed by atoms with Crippen molar-refractivity contribution >= 4 is 21.6 Å². The number of nitrogens with one attached hydrogen (secondary N) is 1. The molecule has 1 saturated heterocycles. The van der Waals surface area contributed by atoms with Gasteiger partial charge in [0.05, 0.1) is 18.8 Å². The van der Waals surface area contributed by atoms with Gasteiger partial charge in [-0.25, -0.2) is 23.2 Å². The van der Waals surface area contributed by atoms with Crippen LogP contribution in [0, 0.1) is 0 Å². The number of likely N-dealkylation sites (tertiary alicyclic amines) is 1. The van der Waals surface area contributed by atoms with E-state index in [0.29, 0.717) is 31.1 Å². The van der Waals surface area contributed by atoms with E-state index >= 15 is 0 Å². The highest BCUT2D eigenvalue weighted by Gasteiger charge is 2.33. The fraction of sp³-hybridized carbons (Fsp3) is 0.545. The molecule has 3 N–H and O–H groups in total. The van der Waals surface area contributed by atoms with Crippen LogP contribution in [0.1, 0.15) is 35.1 Å². The molecule has 0 spiro atoms. The van der Waals surface area contributed by atoms with Gasteiger partial charge in [-0.1, -0.05) is 6.07 Å². The molecule has 1 aromatic heterocycles. The average Bonchev–Trinajstić information content (AvgIpc) is 3.43. The van der Waals surface area contributed by atoms with E-state index in [1.165, 1.54) is 12.6 Å². The van der Waals surface area contributed by atoms with Crippen LogP contribution in [0.3, 0.4) is 0 Å². The molecule has 176 valence electrons. The highest BCUT2D eigenvalue weighted by atomic mass is 32.2. The van der Waals surface area contributed by atoms with Gasteiger partial charge in [-0.05, 0) is 61.0 Å². The molecule has 1 aromatic carbocycles. The number of carbonyl (C=O) groups excluding carboxylic acids is 1. The number of anilines is 1. The first-order chi connectivity index (χ1) is 15.9. The number of amides is 2. The van der Waals surface area contributed by atoms with Gasteiger partial charge in [-0.3, -0.25) is 4.90 Å². The molecule has 0 bridgehead atoms. The lowest BCUT2D eigenvalue weighted by atomic mass is 9.99. The van der Waals surface area contributed by atoms with Gasteiger partial charge in [0.15, 0.2) is 9.92 Å². The van der Waals surface area contributed by atoms with Gasteiger partial charge in [-0.15, -0.1) is 4.36 Å². The van der Waals surface area contributed by atoms with Crippen LogP contribution in [-0.2, 0) is 42.1 Å². The lowest BCUT2D eigenvalue weighted by molar-refractivity contribution is 0.0417. The van der Waals surface area contributed by atoms with Crippen molar-refractivity contribution in [1.29, 1.82) is 0 Å². The minimum Gasteiger partial charge on any atom is -0.475 e. The zero-order chi connectivity index (χ0) is 22.7. The Hall–Kier alpha value is -2.50. The Labute approximate surface area is 191 Å². The van der Waals surface area contributed by atoms with Gasteiger partial charge >= 0.3 is 6.03 Å². The molecular formula is C22H27FN6O3S. The number of urea groups is 1. The summed E-state index contributed by atoms with van der Waals surface area (Å²) in [5, 5.41) is 13.1. The van der Waals surface area contributed by atoms with Gasteiger partial charge in [0.25, 0.3) is 0 Å². The summed E-state index contributed by atoms with van der Waals surface area (Å²) in [7, 11) is -3.58. The molecule has 1 fully saturated rings. The second kappa shape index (κ2) is 7.78. The number of ether oxygens (including phenoxy) is 1. The van der Waals surface area contributed by atoms with Crippen molar-refractivity contribution in [1.82, 2.24) is 14.7 Å². The topological polar surface area (TPSA) is 115 Å². The standard InChI is InChI=1S/C22H27FN6O3S/c23-15-8-14-7-13-3-1-4-17(13)20(18(14)9-15)26-22(30)27-33(24,31)19-10-25-29-11-16(12-32-21(19)29)28-5-2-6-28/h7,10,15-16H,1-6,8-9,11-12H2,(H3,24,26,27,30,31)/t15-,16-,33?/m0/s1. The molecule has 2 aliphatic heterocycles. The Bertz CT molecular complexity index is 1260. The van der Waals surface area contributed by atoms with E-state index in [1.54, 1.807) is 4.68 Å². The van der Waals surface area contributed by atoms with E-state index in [4.69, 9.17) is 9.88 Å². The van der Waals surface area contributed by atoms with Gasteiger partial charge in [0, 0.05) is 18.5 Å². The first-order valence-electron chi connectivity index (χ1n) is 11.5. The van der Waals surface area contributed by atoms with Gasteiger partial charge in [0.2, 0.25) is 5.88 Å². The number of fused-ring (bicyclic) bond motifs is 3. The Morgan fingerprint density at radius 3 is 2.88 bits per heavy atom. The first kappa shape index (κ1) is 21.1. The zero-order valence-corrected chi connectivity index (χ0v) is 19.1. The quantitative estimate of drug-likeness (QED) is 0.708. The lowest BCUT2D eigenvalue weighted by Crippen LogP contribution is -2.51. The van der Waals surface area contributed by atoms with Crippen molar-refractivity contribution in [3.8, 4) is 5.88 Å². The number of halogens is 1. The van der Waals surface area contributed by atoms with Crippen LogP contribution in [0.4, 0.5) is 14.9 Å². The van der Waals surface area contributed by atoms with E-state index in [2.05, 4.69) is 25.7 Å². The highest BCUT2D eigenvalue weighted by molar-refractivity contribution is 7.91. The number of nitrogens with zero attached hydrogens (tertiary/aromatic N) is 4. The number of aromatic nitrogens is 2. The van der Waals surface area contributed by atoms with Crippen LogP contribution in [0.5, 0.6) is 5.88 Å². The molecule has 9 nitrogen and oxygen atoms in total. The maximum atomic E-state index is 14.1. The minimum absolute atomic E-state index is 0.118. The van der Waals surface area contributed by atoms with Gasteiger partial charge in [0.1, 0.15) is 17.7 Å². The fourth-order valence-corrected chi connectivity index (χ4v) is 6.44. The van der Waals surface area contributed by atoms with Crippen molar-refractivity contribution < 1.29 is 18.1 Å². The average molecular weight is 475 g/mol. The number of benzene rings is 1. The number of hydrogen-bond acceptors (Lipinski definition) is 5. The fourth-order valence-electron chi connectivity index (χ4n) is 5.44. The van der Waals surface area contributed by atoms with Crippen molar-refractivity contribution in [2.75, 3.05) is 25.0 Å². The molecule has 1 unspecified atom stereocenters. The summed E-state index contributed by atoms with van der Waals surface area (Å²) in [6, 6.07) is 1.48. The summed E-state index contributed by atoms with van der Waals surface area (Å²) >= 11 is 0. The predicted molar refractivity (Wildman–Crippen MR) is 121 cm³/mol.